The number of aromatic nitrogens is 4. The number of aryl methyl sites for hydroxylation is 1. The van der Waals surface area contributed by atoms with Crippen LogP contribution in [0.1, 0.15) is 11.4 Å². The van der Waals surface area contributed by atoms with Crippen molar-refractivity contribution in [3.05, 3.63) is 90.4 Å². The molecule has 174 valence electrons. The van der Waals surface area contributed by atoms with Crippen molar-refractivity contribution in [2.75, 3.05) is 18.6 Å². The Balaban J connectivity index is 1.45. The monoisotopic (exact) mass is 491 g/mol. The minimum Gasteiger partial charge on any atom is -0.497 e. The van der Waals surface area contributed by atoms with Crippen molar-refractivity contribution in [3.8, 4) is 11.4 Å². The Morgan fingerprint density at radius 3 is 2.65 bits per heavy atom. The van der Waals surface area contributed by atoms with Crippen LogP contribution >= 0.6 is 23.5 Å². The van der Waals surface area contributed by atoms with Gasteiger partial charge in [-0.3, -0.25) is 9.36 Å². The first-order chi connectivity index (χ1) is 16.7. The zero-order valence-electron chi connectivity index (χ0n) is 18.8. The quantitative estimate of drug-likeness (QED) is 0.311. The molecule has 0 bridgehead atoms. The number of rotatable bonds is 11. The van der Waals surface area contributed by atoms with Crippen molar-refractivity contribution in [3.63, 3.8) is 0 Å². The SMILES string of the molecule is COc1cccc(-n2c(CNC(=O)CSc3ccccn3)nnc2SCCc2ccccc2)c1. The Labute approximate surface area is 207 Å². The lowest BCUT2D eigenvalue weighted by atomic mass is 10.2. The van der Waals surface area contributed by atoms with Gasteiger partial charge < -0.3 is 10.1 Å². The average Bonchev–Trinajstić information content (AvgIpc) is 3.30. The van der Waals surface area contributed by atoms with Crippen LogP contribution in [-0.4, -0.2) is 44.3 Å². The third-order valence-electron chi connectivity index (χ3n) is 4.91. The van der Waals surface area contributed by atoms with Gasteiger partial charge in [-0.15, -0.1) is 10.2 Å². The number of nitrogens with zero attached hydrogens (tertiary/aromatic N) is 4. The number of pyridine rings is 1. The van der Waals surface area contributed by atoms with Gasteiger partial charge in [0.25, 0.3) is 0 Å². The van der Waals surface area contributed by atoms with E-state index in [1.54, 1.807) is 25.1 Å². The Bertz CT molecular complexity index is 1200. The van der Waals surface area contributed by atoms with Gasteiger partial charge >= 0.3 is 0 Å². The molecule has 0 spiro atoms. The van der Waals surface area contributed by atoms with Crippen LogP contribution in [0.15, 0.2) is 89.2 Å². The Hall–Kier alpha value is -3.30. The average molecular weight is 492 g/mol. The summed E-state index contributed by atoms with van der Waals surface area (Å²) < 4.78 is 7.38. The molecule has 0 atom stereocenters. The maximum atomic E-state index is 12.4. The van der Waals surface area contributed by atoms with Crippen LogP contribution in [-0.2, 0) is 17.8 Å². The largest absolute Gasteiger partial charge is 0.497 e. The first-order valence-electron chi connectivity index (χ1n) is 10.8. The fourth-order valence-electron chi connectivity index (χ4n) is 3.22. The van der Waals surface area contributed by atoms with Crippen molar-refractivity contribution >= 4 is 29.4 Å². The second-order valence-corrected chi connectivity index (χ2v) is 9.31. The summed E-state index contributed by atoms with van der Waals surface area (Å²) in [4.78, 5) is 16.7. The molecular weight excluding hydrogens is 466 g/mol. The number of carbonyl (C=O) groups is 1. The highest BCUT2D eigenvalue weighted by atomic mass is 32.2. The summed E-state index contributed by atoms with van der Waals surface area (Å²) in [5.41, 5.74) is 2.17. The van der Waals surface area contributed by atoms with Crippen molar-refractivity contribution in [1.29, 1.82) is 0 Å². The number of methoxy groups -OCH3 is 1. The van der Waals surface area contributed by atoms with Crippen LogP contribution in [0.4, 0.5) is 0 Å². The van der Waals surface area contributed by atoms with Gasteiger partial charge in [0.05, 0.1) is 30.1 Å². The van der Waals surface area contributed by atoms with Gasteiger partial charge in [-0.25, -0.2) is 4.98 Å². The number of hydrogen-bond donors (Lipinski definition) is 1. The van der Waals surface area contributed by atoms with E-state index < -0.39 is 0 Å². The highest BCUT2D eigenvalue weighted by Crippen LogP contribution is 2.25. The molecule has 0 aliphatic heterocycles. The van der Waals surface area contributed by atoms with Crippen LogP contribution < -0.4 is 10.1 Å². The van der Waals surface area contributed by atoms with E-state index in [0.29, 0.717) is 5.82 Å². The molecule has 0 aliphatic carbocycles. The summed E-state index contributed by atoms with van der Waals surface area (Å²) in [5, 5.41) is 13.3. The second-order valence-electron chi connectivity index (χ2n) is 7.25. The van der Waals surface area contributed by atoms with Crippen LogP contribution in [0, 0.1) is 0 Å². The predicted molar refractivity (Wildman–Crippen MR) is 136 cm³/mol. The first-order valence-corrected chi connectivity index (χ1v) is 12.8. The number of benzene rings is 2. The standard InChI is InChI=1S/C25H25N5O2S2/c1-32-21-11-7-10-20(16-21)30-22(17-27-23(31)18-34-24-12-5-6-14-26-24)28-29-25(30)33-15-13-19-8-3-2-4-9-19/h2-12,14,16H,13,15,17-18H2,1H3,(H,27,31). The minimum atomic E-state index is -0.0888. The molecule has 4 rings (SSSR count). The van der Waals surface area contributed by atoms with Crippen molar-refractivity contribution in [2.24, 2.45) is 0 Å². The Morgan fingerprint density at radius 1 is 1.00 bits per heavy atom. The van der Waals surface area contributed by atoms with E-state index in [2.05, 4.69) is 32.6 Å². The van der Waals surface area contributed by atoms with Crippen LogP contribution in [0.25, 0.3) is 5.69 Å². The predicted octanol–water partition coefficient (Wildman–Crippen LogP) is 4.41. The smallest absolute Gasteiger partial charge is 0.230 e. The lowest BCUT2D eigenvalue weighted by Crippen LogP contribution is -2.26. The van der Waals surface area contributed by atoms with Gasteiger partial charge in [-0.1, -0.05) is 66.0 Å². The van der Waals surface area contributed by atoms with E-state index >= 15 is 0 Å². The molecule has 9 heteroatoms. The topological polar surface area (TPSA) is 81.9 Å². The molecule has 0 radical (unpaired) electrons. The van der Waals surface area contributed by atoms with E-state index in [9.17, 15) is 4.79 Å². The van der Waals surface area contributed by atoms with E-state index in [4.69, 9.17) is 4.74 Å². The molecule has 2 heterocycles. The lowest BCUT2D eigenvalue weighted by Gasteiger charge is -2.12. The van der Waals surface area contributed by atoms with E-state index in [0.717, 1.165) is 33.8 Å². The number of thioether (sulfide) groups is 2. The van der Waals surface area contributed by atoms with Gasteiger partial charge in [0.1, 0.15) is 5.75 Å². The summed E-state index contributed by atoms with van der Waals surface area (Å²) in [6, 6.07) is 23.7. The van der Waals surface area contributed by atoms with Gasteiger partial charge in [0.2, 0.25) is 5.91 Å². The first kappa shape index (κ1) is 23.8. The van der Waals surface area contributed by atoms with Crippen LogP contribution in [0.3, 0.4) is 0 Å². The molecule has 0 saturated heterocycles. The molecule has 4 aromatic rings. The highest BCUT2D eigenvalue weighted by molar-refractivity contribution is 8.00. The maximum absolute atomic E-state index is 12.4. The molecule has 0 fully saturated rings. The summed E-state index contributed by atoms with van der Waals surface area (Å²) in [6.07, 6.45) is 2.64. The molecular formula is C25H25N5O2S2. The van der Waals surface area contributed by atoms with E-state index in [-0.39, 0.29) is 18.2 Å². The fraction of sp³-hybridized carbons (Fsp3) is 0.200. The van der Waals surface area contributed by atoms with Crippen molar-refractivity contribution < 1.29 is 9.53 Å². The van der Waals surface area contributed by atoms with Gasteiger partial charge in [-0.05, 0) is 36.2 Å². The molecule has 2 aromatic heterocycles. The summed E-state index contributed by atoms with van der Waals surface area (Å²) in [6.45, 7) is 0.269. The summed E-state index contributed by atoms with van der Waals surface area (Å²) in [7, 11) is 1.64. The van der Waals surface area contributed by atoms with Gasteiger partial charge in [0, 0.05) is 18.0 Å². The highest BCUT2D eigenvalue weighted by Gasteiger charge is 2.16. The maximum Gasteiger partial charge on any atom is 0.230 e. The molecule has 7 nitrogen and oxygen atoms in total. The van der Waals surface area contributed by atoms with Crippen molar-refractivity contribution in [1.82, 2.24) is 25.1 Å². The van der Waals surface area contributed by atoms with Crippen LogP contribution in [0.2, 0.25) is 0 Å². The zero-order valence-corrected chi connectivity index (χ0v) is 20.4. The zero-order chi connectivity index (χ0) is 23.6. The number of nitrogens with one attached hydrogen (secondary N) is 1. The molecule has 1 N–H and O–H groups in total. The summed E-state index contributed by atoms with van der Waals surface area (Å²) in [5.74, 6) is 2.45. The van der Waals surface area contributed by atoms with Gasteiger partial charge in [0.15, 0.2) is 11.0 Å². The number of hydrogen-bond acceptors (Lipinski definition) is 7. The molecule has 0 aliphatic rings. The lowest BCUT2D eigenvalue weighted by molar-refractivity contribution is -0.118. The summed E-state index contributed by atoms with van der Waals surface area (Å²) >= 11 is 3.03. The van der Waals surface area contributed by atoms with E-state index in [1.807, 2.05) is 65.2 Å². The Kier molecular flexibility index (Phi) is 8.59. The third-order valence-corrected chi connectivity index (χ3v) is 6.78. The molecule has 0 saturated carbocycles. The Morgan fingerprint density at radius 2 is 1.85 bits per heavy atom. The third kappa shape index (κ3) is 6.61. The van der Waals surface area contributed by atoms with Crippen LogP contribution in [0.5, 0.6) is 5.75 Å². The number of amides is 1. The molecule has 2 aromatic carbocycles. The molecule has 0 unspecified atom stereocenters. The number of carbonyl (C=O) groups excluding carboxylic acids is 1. The van der Waals surface area contributed by atoms with E-state index in [1.165, 1.54) is 17.3 Å². The fourth-order valence-corrected chi connectivity index (χ4v) is 4.87. The number of ether oxygens (including phenoxy) is 1. The van der Waals surface area contributed by atoms with Gasteiger partial charge in [-0.2, -0.15) is 0 Å². The second kappa shape index (κ2) is 12.2. The minimum absolute atomic E-state index is 0.0888. The molecule has 1 amide bonds. The van der Waals surface area contributed by atoms with Crippen molar-refractivity contribution in [2.45, 2.75) is 23.1 Å². The molecule has 34 heavy (non-hydrogen) atoms. The normalized spacial score (nSPS) is 10.7.